The summed E-state index contributed by atoms with van der Waals surface area (Å²) in [6, 6.07) is 14.9. The molecule has 0 fully saturated rings. The fourth-order valence-corrected chi connectivity index (χ4v) is 5.03. The van der Waals surface area contributed by atoms with Crippen LogP contribution in [-0.4, -0.2) is 38.1 Å². The van der Waals surface area contributed by atoms with E-state index in [4.69, 9.17) is 14.2 Å². The van der Waals surface area contributed by atoms with Crippen LogP contribution in [0.25, 0.3) is 0 Å². The fourth-order valence-electron chi connectivity index (χ4n) is 5.03. The zero-order chi connectivity index (χ0) is 30.7. The van der Waals surface area contributed by atoms with Gasteiger partial charge in [0.15, 0.2) is 11.5 Å². The van der Waals surface area contributed by atoms with E-state index in [-0.39, 0.29) is 29.6 Å². The third-order valence-corrected chi connectivity index (χ3v) is 7.28. The molecule has 42 heavy (non-hydrogen) atoms. The molecule has 0 aliphatic carbocycles. The summed E-state index contributed by atoms with van der Waals surface area (Å²) in [6.07, 6.45) is 5.85. The summed E-state index contributed by atoms with van der Waals surface area (Å²) in [6.45, 7) is 8.82. The third-order valence-electron chi connectivity index (χ3n) is 7.28. The number of pyridine rings is 1. The van der Waals surface area contributed by atoms with Crippen LogP contribution in [0.15, 0.2) is 54.7 Å². The first-order valence-electron chi connectivity index (χ1n) is 14.5. The Hall–Kier alpha value is -4.07. The van der Waals surface area contributed by atoms with Crippen LogP contribution in [0.4, 0.5) is 5.69 Å². The van der Waals surface area contributed by atoms with Gasteiger partial charge in [-0.2, -0.15) is 0 Å². The highest BCUT2D eigenvalue weighted by Crippen LogP contribution is 2.41. The first kappa shape index (κ1) is 32.4. The largest absolute Gasteiger partial charge is 0.496 e. The quantitative estimate of drug-likeness (QED) is 0.200. The van der Waals surface area contributed by atoms with Gasteiger partial charge < -0.3 is 24.8 Å². The Morgan fingerprint density at radius 1 is 0.905 bits per heavy atom. The van der Waals surface area contributed by atoms with Crippen LogP contribution in [-0.2, 0) is 16.8 Å². The molecule has 1 heterocycles. The van der Waals surface area contributed by atoms with Crippen LogP contribution >= 0.6 is 0 Å². The zero-order valence-corrected chi connectivity index (χ0v) is 26.0. The van der Waals surface area contributed by atoms with Gasteiger partial charge in [-0.15, -0.1) is 0 Å². The minimum Gasteiger partial charge on any atom is -0.496 e. The summed E-state index contributed by atoms with van der Waals surface area (Å²) in [5.41, 5.74) is 3.71. The van der Waals surface area contributed by atoms with Gasteiger partial charge in [-0.3, -0.25) is 14.6 Å². The van der Waals surface area contributed by atoms with Crippen molar-refractivity contribution in [2.24, 2.45) is 0 Å². The number of amides is 2. The van der Waals surface area contributed by atoms with Crippen molar-refractivity contribution in [3.05, 3.63) is 77.1 Å². The van der Waals surface area contributed by atoms with Crippen LogP contribution < -0.4 is 24.8 Å². The third kappa shape index (κ3) is 8.71. The Balaban J connectivity index is 1.86. The number of rotatable bonds is 14. The van der Waals surface area contributed by atoms with Crippen molar-refractivity contribution in [3.63, 3.8) is 0 Å². The number of methoxy groups -OCH3 is 3. The van der Waals surface area contributed by atoms with Gasteiger partial charge in [0, 0.05) is 36.5 Å². The van der Waals surface area contributed by atoms with E-state index in [1.807, 2.05) is 30.3 Å². The van der Waals surface area contributed by atoms with Crippen LogP contribution in [0.5, 0.6) is 17.2 Å². The van der Waals surface area contributed by atoms with Gasteiger partial charge >= 0.3 is 0 Å². The fraction of sp³-hybridized carbons (Fsp3) is 0.441. The van der Waals surface area contributed by atoms with E-state index in [2.05, 4.69) is 43.3 Å². The molecule has 2 amide bonds. The second-order valence-corrected chi connectivity index (χ2v) is 11.4. The molecule has 3 aromatic rings. The molecule has 0 radical (unpaired) electrons. The number of carbonyl (C=O) groups excluding carboxylic acids is 2. The first-order valence-corrected chi connectivity index (χ1v) is 14.5. The summed E-state index contributed by atoms with van der Waals surface area (Å²) >= 11 is 0. The van der Waals surface area contributed by atoms with E-state index >= 15 is 0 Å². The average Bonchev–Trinajstić information content (AvgIpc) is 2.98. The molecule has 0 aliphatic rings. The number of nitrogens with zero attached hydrogens (tertiary/aromatic N) is 1. The van der Waals surface area contributed by atoms with E-state index in [9.17, 15) is 9.59 Å². The van der Waals surface area contributed by atoms with Crippen LogP contribution in [0, 0.1) is 0 Å². The molecule has 0 spiro atoms. The maximum absolute atomic E-state index is 13.7. The van der Waals surface area contributed by atoms with Crippen molar-refractivity contribution < 1.29 is 23.8 Å². The van der Waals surface area contributed by atoms with E-state index in [0.717, 1.165) is 48.1 Å². The highest BCUT2D eigenvalue weighted by atomic mass is 16.5. The molecule has 8 nitrogen and oxygen atoms in total. The number of benzene rings is 2. The van der Waals surface area contributed by atoms with E-state index in [1.165, 1.54) is 0 Å². The highest BCUT2D eigenvalue weighted by molar-refractivity contribution is 5.93. The van der Waals surface area contributed by atoms with Gasteiger partial charge in [0.1, 0.15) is 11.4 Å². The molecule has 226 valence electrons. The lowest BCUT2D eigenvalue weighted by molar-refractivity contribution is -0.116. The number of ether oxygens (including phenoxy) is 3. The van der Waals surface area contributed by atoms with Crippen molar-refractivity contribution >= 4 is 17.5 Å². The molecule has 0 aliphatic heterocycles. The molecular formula is C34H45N3O5. The lowest BCUT2D eigenvalue weighted by Gasteiger charge is -2.25. The minimum absolute atomic E-state index is 0.0785. The van der Waals surface area contributed by atoms with Gasteiger partial charge in [-0.25, -0.2) is 0 Å². The standard InChI is InChI=1S/C34H45N3O5/c1-8-9-10-13-24(25-20-30(41-6)31(42-7)21-29(25)40-5)19-32(38)37-28-18-23(15-16-26(28)34(2,3)4)22-36-33(39)27-14-11-12-17-35-27/h11-12,14-18,20-21,24H,8-10,13,19,22H2,1-7H3,(H,36,39)(H,37,38). The van der Waals surface area contributed by atoms with Crippen molar-refractivity contribution in [3.8, 4) is 17.2 Å². The highest BCUT2D eigenvalue weighted by Gasteiger charge is 2.25. The topological polar surface area (TPSA) is 98.8 Å². The molecule has 1 atom stereocenters. The molecule has 1 aromatic heterocycles. The molecule has 2 aromatic carbocycles. The van der Waals surface area contributed by atoms with Crippen LogP contribution in [0.1, 0.15) is 92.9 Å². The van der Waals surface area contributed by atoms with Crippen molar-refractivity contribution in [1.29, 1.82) is 0 Å². The number of aromatic nitrogens is 1. The normalized spacial score (nSPS) is 11.9. The average molecular weight is 576 g/mol. The summed E-state index contributed by atoms with van der Waals surface area (Å²) in [5, 5.41) is 6.11. The molecule has 1 unspecified atom stereocenters. The van der Waals surface area contributed by atoms with E-state index in [1.54, 1.807) is 45.7 Å². The van der Waals surface area contributed by atoms with Gasteiger partial charge in [-0.05, 0) is 53.1 Å². The van der Waals surface area contributed by atoms with Crippen molar-refractivity contribution in [2.75, 3.05) is 26.6 Å². The summed E-state index contributed by atoms with van der Waals surface area (Å²) in [5.74, 6) is 1.43. The van der Waals surface area contributed by atoms with Gasteiger partial charge in [0.05, 0.1) is 21.3 Å². The molecule has 0 saturated heterocycles. The van der Waals surface area contributed by atoms with Crippen LogP contribution in [0.2, 0.25) is 0 Å². The second-order valence-electron chi connectivity index (χ2n) is 11.4. The zero-order valence-electron chi connectivity index (χ0n) is 26.0. The van der Waals surface area contributed by atoms with Crippen molar-refractivity contribution in [2.45, 2.75) is 77.7 Å². The Morgan fingerprint density at radius 2 is 1.62 bits per heavy atom. The number of unbranched alkanes of at least 4 members (excludes halogenated alkanes) is 2. The summed E-state index contributed by atoms with van der Waals surface area (Å²) < 4.78 is 16.8. The maximum Gasteiger partial charge on any atom is 0.270 e. The number of hydrogen-bond acceptors (Lipinski definition) is 6. The van der Waals surface area contributed by atoms with E-state index in [0.29, 0.717) is 29.5 Å². The predicted octanol–water partition coefficient (Wildman–Crippen LogP) is 7.03. The Bertz CT molecular complexity index is 1330. The number of carbonyl (C=O) groups is 2. The molecule has 8 heteroatoms. The number of anilines is 1. The smallest absolute Gasteiger partial charge is 0.270 e. The predicted molar refractivity (Wildman–Crippen MR) is 167 cm³/mol. The van der Waals surface area contributed by atoms with Gasteiger partial charge in [0.25, 0.3) is 5.91 Å². The summed E-state index contributed by atoms with van der Waals surface area (Å²) in [4.78, 5) is 30.3. The molecule has 2 N–H and O–H groups in total. The number of hydrogen-bond donors (Lipinski definition) is 2. The molecule has 3 rings (SSSR count). The SMILES string of the molecule is CCCCCC(CC(=O)Nc1cc(CNC(=O)c2ccccn2)ccc1C(C)(C)C)c1cc(OC)c(OC)cc1OC. The van der Waals surface area contributed by atoms with Gasteiger partial charge in [0.2, 0.25) is 5.91 Å². The lowest BCUT2D eigenvalue weighted by Crippen LogP contribution is -2.24. The van der Waals surface area contributed by atoms with Crippen molar-refractivity contribution in [1.82, 2.24) is 10.3 Å². The first-order chi connectivity index (χ1) is 20.1. The molecule has 0 saturated carbocycles. The maximum atomic E-state index is 13.7. The second kappa shape index (κ2) is 15.2. The van der Waals surface area contributed by atoms with E-state index < -0.39 is 0 Å². The number of nitrogens with one attached hydrogen (secondary N) is 2. The lowest BCUT2D eigenvalue weighted by atomic mass is 9.84. The monoisotopic (exact) mass is 575 g/mol. The Labute approximate surface area is 250 Å². The minimum atomic E-state index is -0.250. The Kier molecular flexibility index (Phi) is 11.8. The molecule has 0 bridgehead atoms. The van der Waals surface area contributed by atoms with Crippen LogP contribution in [0.3, 0.4) is 0 Å². The Morgan fingerprint density at radius 3 is 2.24 bits per heavy atom. The molecular weight excluding hydrogens is 530 g/mol. The van der Waals surface area contributed by atoms with Gasteiger partial charge in [-0.1, -0.05) is 65.2 Å². The summed E-state index contributed by atoms with van der Waals surface area (Å²) in [7, 11) is 4.82.